The zero-order chi connectivity index (χ0) is 13.5. The van der Waals surface area contributed by atoms with Gasteiger partial charge in [-0.05, 0) is 29.8 Å². The highest BCUT2D eigenvalue weighted by molar-refractivity contribution is 5.49. The van der Waals surface area contributed by atoms with E-state index in [1.54, 1.807) is 19.2 Å². The molecule has 0 aliphatic carbocycles. The van der Waals surface area contributed by atoms with E-state index in [4.69, 9.17) is 10.00 Å². The Morgan fingerprint density at radius 3 is 2.37 bits per heavy atom. The number of nitrogens with zero attached hydrogens (tertiary/aromatic N) is 1. The highest BCUT2D eigenvalue weighted by Crippen LogP contribution is 2.20. The molecule has 0 saturated carbocycles. The van der Waals surface area contributed by atoms with E-state index < -0.39 is 0 Å². The molecule has 0 heterocycles. The Balaban J connectivity index is 2.14. The smallest absolute Gasteiger partial charge is 0.0991 e. The molecule has 1 N–H and O–H groups in total. The molecule has 0 amide bonds. The third kappa shape index (κ3) is 3.57. The first-order chi connectivity index (χ1) is 9.33. The molecule has 3 nitrogen and oxygen atoms in total. The number of hydrogen-bond acceptors (Lipinski definition) is 3. The maximum Gasteiger partial charge on any atom is 0.0991 e. The van der Waals surface area contributed by atoms with Gasteiger partial charge in [0.05, 0.1) is 24.3 Å². The Hall–Kier alpha value is -2.31. The fourth-order valence-corrected chi connectivity index (χ4v) is 1.92. The van der Waals surface area contributed by atoms with Gasteiger partial charge in [-0.2, -0.15) is 5.26 Å². The predicted octanol–water partition coefficient (Wildman–Crippen LogP) is 3.36. The second-order valence-electron chi connectivity index (χ2n) is 4.25. The molecule has 0 spiro atoms. The maximum absolute atomic E-state index is 8.78. The Labute approximate surface area is 113 Å². The number of nitriles is 1. The van der Waals surface area contributed by atoms with Gasteiger partial charge in [-0.1, -0.05) is 30.3 Å². The van der Waals surface area contributed by atoms with Crippen LogP contribution in [0.15, 0.2) is 54.6 Å². The summed E-state index contributed by atoms with van der Waals surface area (Å²) in [6.45, 7) is 0.587. The number of benzene rings is 2. The van der Waals surface area contributed by atoms with Gasteiger partial charge in [-0.25, -0.2) is 0 Å². The largest absolute Gasteiger partial charge is 0.382 e. The summed E-state index contributed by atoms with van der Waals surface area (Å²) in [4.78, 5) is 0. The molecule has 0 saturated heterocycles. The number of methoxy groups -OCH3 is 1. The Morgan fingerprint density at radius 1 is 1.11 bits per heavy atom. The summed E-state index contributed by atoms with van der Waals surface area (Å²) in [5.74, 6) is 0. The molecule has 0 bridgehead atoms. The van der Waals surface area contributed by atoms with Crippen LogP contribution in [0, 0.1) is 11.3 Å². The van der Waals surface area contributed by atoms with Crippen molar-refractivity contribution in [2.45, 2.75) is 6.04 Å². The van der Waals surface area contributed by atoms with Crippen LogP contribution >= 0.6 is 0 Å². The molecule has 0 aliphatic rings. The van der Waals surface area contributed by atoms with E-state index in [1.807, 2.05) is 30.3 Å². The van der Waals surface area contributed by atoms with Crippen LogP contribution in [0.3, 0.4) is 0 Å². The van der Waals surface area contributed by atoms with Crippen LogP contribution in [0.5, 0.6) is 0 Å². The van der Waals surface area contributed by atoms with Crippen LogP contribution in [0.25, 0.3) is 0 Å². The van der Waals surface area contributed by atoms with Crippen LogP contribution in [-0.2, 0) is 4.74 Å². The van der Waals surface area contributed by atoms with E-state index in [-0.39, 0.29) is 6.04 Å². The van der Waals surface area contributed by atoms with Crippen molar-refractivity contribution in [3.05, 3.63) is 65.7 Å². The van der Waals surface area contributed by atoms with Gasteiger partial charge in [0.2, 0.25) is 0 Å². The fourth-order valence-electron chi connectivity index (χ4n) is 1.92. The highest BCUT2D eigenvalue weighted by Gasteiger charge is 2.10. The molecule has 2 aromatic rings. The van der Waals surface area contributed by atoms with Crippen molar-refractivity contribution in [2.24, 2.45) is 0 Å². The molecule has 2 rings (SSSR count). The summed E-state index contributed by atoms with van der Waals surface area (Å²) in [6.07, 6.45) is 0. The third-order valence-corrected chi connectivity index (χ3v) is 2.89. The molecule has 0 aliphatic heterocycles. The molecule has 0 radical (unpaired) electrons. The number of anilines is 1. The topological polar surface area (TPSA) is 45.0 Å². The standard InChI is InChI=1S/C16H16N2O/c1-19-12-16(14-5-3-2-4-6-14)18-15-9-7-13(11-17)8-10-15/h2-10,16,18H,12H2,1H3. The predicted molar refractivity (Wildman–Crippen MR) is 75.8 cm³/mol. The molecule has 0 aromatic heterocycles. The molecule has 1 unspecified atom stereocenters. The minimum Gasteiger partial charge on any atom is -0.382 e. The molecule has 3 heteroatoms. The van der Waals surface area contributed by atoms with Crippen molar-refractivity contribution < 1.29 is 4.74 Å². The first kappa shape index (κ1) is 13.1. The molecule has 96 valence electrons. The second-order valence-corrected chi connectivity index (χ2v) is 4.25. The average molecular weight is 252 g/mol. The van der Waals surface area contributed by atoms with Gasteiger partial charge in [0.1, 0.15) is 0 Å². The first-order valence-corrected chi connectivity index (χ1v) is 6.14. The lowest BCUT2D eigenvalue weighted by Gasteiger charge is -2.19. The molecule has 0 fully saturated rings. The number of hydrogen-bond donors (Lipinski definition) is 1. The van der Waals surface area contributed by atoms with Gasteiger partial charge in [0, 0.05) is 12.8 Å². The summed E-state index contributed by atoms with van der Waals surface area (Å²) in [6, 6.07) is 19.8. The summed E-state index contributed by atoms with van der Waals surface area (Å²) in [5.41, 5.74) is 2.81. The van der Waals surface area contributed by atoms with E-state index in [0.29, 0.717) is 12.2 Å². The minimum absolute atomic E-state index is 0.0964. The normalized spacial score (nSPS) is 11.6. The van der Waals surface area contributed by atoms with Crippen molar-refractivity contribution in [3.63, 3.8) is 0 Å². The summed E-state index contributed by atoms with van der Waals surface area (Å²) in [5, 5.41) is 12.2. The molecular formula is C16H16N2O. The van der Waals surface area contributed by atoms with Crippen molar-refractivity contribution in [3.8, 4) is 6.07 Å². The first-order valence-electron chi connectivity index (χ1n) is 6.14. The van der Waals surface area contributed by atoms with Gasteiger partial charge in [-0.15, -0.1) is 0 Å². The minimum atomic E-state index is 0.0964. The average Bonchev–Trinajstić information content (AvgIpc) is 2.48. The van der Waals surface area contributed by atoms with Gasteiger partial charge >= 0.3 is 0 Å². The van der Waals surface area contributed by atoms with Crippen molar-refractivity contribution in [2.75, 3.05) is 19.0 Å². The SMILES string of the molecule is COCC(Nc1ccc(C#N)cc1)c1ccccc1. The van der Waals surface area contributed by atoms with Gasteiger partial charge < -0.3 is 10.1 Å². The van der Waals surface area contributed by atoms with Crippen molar-refractivity contribution in [1.29, 1.82) is 5.26 Å². The van der Waals surface area contributed by atoms with Crippen LogP contribution in [0.4, 0.5) is 5.69 Å². The van der Waals surface area contributed by atoms with E-state index in [9.17, 15) is 0 Å². The highest BCUT2D eigenvalue weighted by atomic mass is 16.5. The van der Waals surface area contributed by atoms with Crippen molar-refractivity contribution in [1.82, 2.24) is 0 Å². The second kappa shape index (κ2) is 6.58. The summed E-state index contributed by atoms with van der Waals surface area (Å²) in [7, 11) is 1.69. The van der Waals surface area contributed by atoms with E-state index >= 15 is 0 Å². The maximum atomic E-state index is 8.78. The number of rotatable bonds is 5. The number of ether oxygens (including phenoxy) is 1. The zero-order valence-corrected chi connectivity index (χ0v) is 10.8. The molecule has 2 aromatic carbocycles. The van der Waals surface area contributed by atoms with E-state index in [0.717, 1.165) is 5.69 Å². The molecule has 19 heavy (non-hydrogen) atoms. The van der Waals surface area contributed by atoms with E-state index in [1.165, 1.54) is 5.56 Å². The molecular weight excluding hydrogens is 236 g/mol. The van der Waals surface area contributed by atoms with Crippen LogP contribution < -0.4 is 5.32 Å². The zero-order valence-electron chi connectivity index (χ0n) is 10.8. The Morgan fingerprint density at radius 2 is 1.79 bits per heavy atom. The summed E-state index contributed by atoms with van der Waals surface area (Å²) < 4.78 is 5.26. The lowest BCUT2D eigenvalue weighted by molar-refractivity contribution is 0.186. The van der Waals surface area contributed by atoms with Gasteiger partial charge in [0.25, 0.3) is 0 Å². The number of nitrogens with one attached hydrogen (secondary N) is 1. The van der Waals surface area contributed by atoms with Crippen molar-refractivity contribution >= 4 is 5.69 Å². The molecule has 1 atom stereocenters. The third-order valence-electron chi connectivity index (χ3n) is 2.89. The van der Waals surface area contributed by atoms with Gasteiger partial charge in [-0.3, -0.25) is 0 Å². The Kier molecular flexibility index (Phi) is 4.54. The quantitative estimate of drug-likeness (QED) is 0.887. The Bertz CT molecular complexity index is 543. The fraction of sp³-hybridized carbons (Fsp3) is 0.188. The van der Waals surface area contributed by atoms with E-state index in [2.05, 4.69) is 23.5 Å². The van der Waals surface area contributed by atoms with Crippen LogP contribution in [0.2, 0.25) is 0 Å². The lowest BCUT2D eigenvalue weighted by atomic mass is 10.1. The lowest BCUT2D eigenvalue weighted by Crippen LogP contribution is -2.16. The summed E-state index contributed by atoms with van der Waals surface area (Å²) >= 11 is 0. The van der Waals surface area contributed by atoms with Crippen LogP contribution in [-0.4, -0.2) is 13.7 Å². The van der Waals surface area contributed by atoms with Crippen LogP contribution in [0.1, 0.15) is 17.2 Å². The monoisotopic (exact) mass is 252 g/mol. The van der Waals surface area contributed by atoms with Gasteiger partial charge in [0.15, 0.2) is 0 Å².